The summed E-state index contributed by atoms with van der Waals surface area (Å²) < 4.78 is 29.9. The van der Waals surface area contributed by atoms with Crippen LogP contribution >= 0.6 is 0 Å². The van der Waals surface area contributed by atoms with Gasteiger partial charge in [-0.25, -0.2) is 4.79 Å². The molecule has 1 fully saturated rings. The Hall–Kier alpha value is -2.78. The monoisotopic (exact) mass is 610 g/mol. The molecule has 2 heterocycles. The molecule has 1 aromatic rings. The molecule has 0 aromatic heterocycles. The second-order valence-electron chi connectivity index (χ2n) is 13.3. The van der Waals surface area contributed by atoms with Crippen molar-refractivity contribution in [3.8, 4) is 0 Å². The van der Waals surface area contributed by atoms with Gasteiger partial charge >= 0.3 is 11.9 Å². The zero-order valence-electron chi connectivity index (χ0n) is 27.2. The predicted octanol–water partition coefficient (Wildman–Crippen LogP) is 7.77. The number of hydrogen-bond acceptors (Lipinski definition) is 7. The van der Waals surface area contributed by atoms with E-state index in [0.717, 1.165) is 22.3 Å². The Morgan fingerprint density at radius 2 is 1.84 bits per heavy atom. The minimum Gasteiger partial charge on any atom is -0.457 e. The standard InChI is InChI=1S/C35H50O7Si/c1-23(2)28(19-31-25(4)22-38-34(42-31)27-14-12-11-13-15-27)20-32(40-26(5)36)30-21-29(41-33(30)37)18-24(3)16-17-39-43(9,10)35(6,7)8/h11-16,21,28-29,31-32,34H,1,4,17-20,22H2,2-3,5-10H3/b24-16+/t28-,29-,31?,32?,34?/m1/s1. The van der Waals surface area contributed by atoms with Crippen molar-refractivity contribution in [3.05, 3.63) is 83.5 Å². The number of allylic oxidation sites excluding steroid dienone is 1. The number of carbonyl (C=O) groups is 2. The van der Waals surface area contributed by atoms with Gasteiger partial charge in [0.25, 0.3) is 0 Å². The van der Waals surface area contributed by atoms with Gasteiger partial charge in [0.15, 0.2) is 14.6 Å². The first-order valence-corrected chi connectivity index (χ1v) is 18.0. The molecule has 0 spiro atoms. The summed E-state index contributed by atoms with van der Waals surface area (Å²) in [6, 6.07) is 9.78. The Bertz CT molecular complexity index is 1220. The largest absolute Gasteiger partial charge is 0.457 e. The lowest BCUT2D eigenvalue weighted by atomic mass is 9.85. The topological polar surface area (TPSA) is 80.3 Å². The molecular weight excluding hydrogens is 560 g/mol. The number of rotatable bonds is 13. The van der Waals surface area contributed by atoms with Gasteiger partial charge in [0.05, 0.1) is 24.9 Å². The van der Waals surface area contributed by atoms with E-state index in [1.54, 1.807) is 6.08 Å². The number of ether oxygens (including phenoxy) is 4. The molecule has 0 bridgehead atoms. The molecular formula is C35H50O7Si. The lowest BCUT2D eigenvalue weighted by molar-refractivity contribution is -0.195. The van der Waals surface area contributed by atoms with Crippen molar-refractivity contribution >= 4 is 20.3 Å². The van der Waals surface area contributed by atoms with Crippen molar-refractivity contribution < 1.29 is 33.0 Å². The number of carbonyl (C=O) groups excluding carboxylic acids is 2. The van der Waals surface area contributed by atoms with Gasteiger partial charge in [-0.3, -0.25) is 4.79 Å². The maximum absolute atomic E-state index is 13.0. The van der Waals surface area contributed by atoms with E-state index in [9.17, 15) is 9.59 Å². The minimum absolute atomic E-state index is 0.109. The van der Waals surface area contributed by atoms with Crippen molar-refractivity contribution in [1.82, 2.24) is 0 Å². The average molecular weight is 611 g/mol. The molecule has 0 amide bonds. The lowest BCUT2D eigenvalue weighted by Gasteiger charge is -2.35. The van der Waals surface area contributed by atoms with Crippen LogP contribution in [0.5, 0.6) is 0 Å². The van der Waals surface area contributed by atoms with Crippen LogP contribution in [0.3, 0.4) is 0 Å². The van der Waals surface area contributed by atoms with Crippen LogP contribution in [-0.4, -0.2) is 51.8 Å². The van der Waals surface area contributed by atoms with Crippen LogP contribution in [0.2, 0.25) is 18.1 Å². The highest BCUT2D eigenvalue weighted by atomic mass is 28.4. The fourth-order valence-corrected chi connectivity index (χ4v) is 5.81. The third-order valence-corrected chi connectivity index (χ3v) is 13.1. The van der Waals surface area contributed by atoms with Crippen molar-refractivity contribution in [2.75, 3.05) is 13.2 Å². The first-order chi connectivity index (χ1) is 20.1. The van der Waals surface area contributed by atoms with Crippen LogP contribution in [0, 0.1) is 5.92 Å². The number of benzene rings is 1. The molecule has 3 rings (SSSR count). The molecule has 43 heavy (non-hydrogen) atoms. The van der Waals surface area contributed by atoms with E-state index in [-0.39, 0.29) is 17.1 Å². The van der Waals surface area contributed by atoms with Gasteiger partial charge < -0.3 is 23.4 Å². The summed E-state index contributed by atoms with van der Waals surface area (Å²) >= 11 is 0. The van der Waals surface area contributed by atoms with Crippen LogP contribution in [0.25, 0.3) is 0 Å². The van der Waals surface area contributed by atoms with Gasteiger partial charge in [0.2, 0.25) is 0 Å². The lowest BCUT2D eigenvalue weighted by Crippen LogP contribution is -2.40. The van der Waals surface area contributed by atoms with Crippen LogP contribution in [0.15, 0.2) is 77.9 Å². The Morgan fingerprint density at radius 3 is 2.44 bits per heavy atom. The van der Waals surface area contributed by atoms with E-state index in [4.69, 9.17) is 23.4 Å². The summed E-state index contributed by atoms with van der Waals surface area (Å²) in [6.45, 7) is 25.7. The van der Waals surface area contributed by atoms with E-state index < -0.39 is 38.8 Å². The average Bonchev–Trinajstić information content (AvgIpc) is 3.27. The van der Waals surface area contributed by atoms with Crippen LogP contribution in [-0.2, 0) is 33.0 Å². The van der Waals surface area contributed by atoms with Crippen LogP contribution in [0.4, 0.5) is 0 Å². The summed E-state index contributed by atoms with van der Waals surface area (Å²) in [4.78, 5) is 25.2. The first-order valence-electron chi connectivity index (χ1n) is 15.1. The van der Waals surface area contributed by atoms with Crippen LogP contribution < -0.4 is 0 Å². The molecule has 0 aliphatic carbocycles. The third kappa shape index (κ3) is 9.86. The molecule has 1 aromatic carbocycles. The van der Waals surface area contributed by atoms with E-state index in [0.29, 0.717) is 38.0 Å². The molecule has 2 aliphatic rings. The molecule has 8 heteroatoms. The van der Waals surface area contributed by atoms with E-state index >= 15 is 0 Å². The highest BCUT2D eigenvalue weighted by Gasteiger charge is 2.38. The van der Waals surface area contributed by atoms with Gasteiger partial charge in [-0.1, -0.05) is 81.5 Å². The summed E-state index contributed by atoms with van der Waals surface area (Å²) in [5.41, 5.74) is 4.11. The van der Waals surface area contributed by atoms with Crippen molar-refractivity contribution in [3.63, 3.8) is 0 Å². The number of cyclic esters (lactones) is 1. The number of esters is 2. The Kier molecular flexibility index (Phi) is 11.9. The normalized spacial score (nSPS) is 22.9. The van der Waals surface area contributed by atoms with E-state index in [2.05, 4.69) is 53.1 Å². The fourth-order valence-electron chi connectivity index (χ4n) is 4.88. The van der Waals surface area contributed by atoms with E-state index in [1.165, 1.54) is 6.92 Å². The fraction of sp³-hybridized carbons (Fsp3) is 0.543. The molecule has 7 nitrogen and oxygen atoms in total. The second kappa shape index (κ2) is 14.8. The quantitative estimate of drug-likeness (QED) is 0.128. The maximum atomic E-state index is 13.0. The molecule has 2 aliphatic heterocycles. The maximum Gasteiger partial charge on any atom is 0.338 e. The molecule has 0 saturated carbocycles. The summed E-state index contributed by atoms with van der Waals surface area (Å²) in [6.07, 6.45) is 3.38. The molecule has 3 unspecified atom stereocenters. The van der Waals surface area contributed by atoms with Crippen molar-refractivity contribution in [2.45, 2.75) is 104 Å². The van der Waals surface area contributed by atoms with E-state index in [1.807, 2.05) is 44.2 Å². The van der Waals surface area contributed by atoms with Crippen molar-refractivity contribution in [1.29, 1.82) is 0 Å². The number of hydrogen-bond donors (Lipinski definition) is 0. The minimum atomic E-state index is -1.85. The molecule has 1 saturated heterocycles. The van der Waals surface area contributed by atoms with Crippen LogP contribution in [0.1, 0.15) is 72.7 Å². The Labute approximate surface area is 259 Å². The van der Waals surface area contributed by atoms with Gasteiger partial charge in [-0.15, -0.1) is 0 Å². The Morgan fingerprint density at radius 1 is 1.16 bits per heavy atom. The van der Waals surface area contributed by atoms with Crippen molar-refractivity contribution in [2.24, 2.45) is 5.92 Å². The molecule has 0 radical (unpaired) electrons. The van der Waals surface area contributed by atoms with Gasteiger partial charge in [0, 0.05) is 18.9 Å². The predicted molar refractivity (Wildman–Crippen MR) is 172 cm³/mol. The second-order valence-corrected chi connectivity index (χ2v) is 18.2. The zero-order chi connectivity index (χ0) is 31.9. The summed E-state index contributed by atoms with van der Waals surface area (Å²) in [5.74, 6) is -1.03. The molecule has 5 atom stereocenters. The van der Waals surface area contributed by atoms with Gasteiger partial charge in [0.1, 0.15) is 12.2 Å². The van der Waals surface area contributed by atoms with Gasteiger partial charge in [-0.2, -0.15) is 0 Å². The first kappa shape index (κ1) is 34.7. The summed E-state index contributed by atoms with van der Waals surface area (Å²) in [7, 11) is -1.85. The SMILES string of the molecule is C=C1COC(c2ccccc2)OC1C[C@H](CC(OC(C)=O)C1=C[C@@H](C/C(C)=C/CO[Si](C)(C)C(C)(C)C)OC1=O)C(=C)C. The third-order valence-electron chi connectivity index (χ3n) is 8.65. The zero-order valence-corrected chi connectivity index (χ0v) is 28.2. The van der Waals surface area contributed by atoms with Gasteiger partial charge in [-0.05, 0) is 62.4 Å². The highest BCUT2D eigenvalue weighted by molar-refractivity contribution is 6.74. The molecule has 236 valence electrons. The smallest absolute Gasteiger partial charge is 0.338 e. The summed E-state index contributed by atoms with van der Waals surface area (Å²) in [5, 5.41) is 0.133. The Balaban J connectivity index is 1.70. The molecule has 0 N–H and O–H groups in total. The highest BCUT2D eigenvalue weighted by Crippen LogP contribution is 2.37.